The first-order valence-corrected chi connectivity index (χ1v) is 9.26. The van der Waals surface area contributed by atoms with Gasteiger partial charge in [0.2, 0.25) is 0 Å². The fourth-order valence-electron chi connectivity index (χ4n) is 3.46. The number of rotatable bonds is 4. The number of aromatic nitrogens is 4. The molecule has 1 aliphatic heterocycles. The van der Waals surface area contributed by atoms with Crippen LogP contribution in [0.3, 0.4) is 0 Å². The van der Waals surface area contributed by atoms with Crippen molar-refractivity contribution < 1.29 is 4.79 Å². The van der Waals surface area contributed by atoms with E-state index in [1.807, 2.05) is 40.8 Å². The highest BCUT2D eigenvalue weighted by Crippen LogP contribution is 2.36. The Labute approximate surface area is 153 Å². The highest BCUT2D eigenvalue weighted by atomic mass is 16.2. The topological polar surface area (TPSA) is 79.2 Å². The summed E-state index contributed by atoms with van der Waals surface area (Å²) in [6.45, 7) is 7.21. The lowest BCUT2D eigenvalue weighted by atomic mass is 10.2. The third kappa shape index (κ3) is 3.55. The lowest BCUT2D eigenvalue weighted by Crippen LogP contribution is -2.50. The predicted octanol–water partition coefficient (Wildman–Crippen LogP) is 2.23. The van der Waals surface area contributed by atoms with Crippen LogP contribution in [0.15, 0.2) is 24.3 Å². The van der Waals surface area contributed by atoms with E-state index in [2.05, 4.69) is 32.7 Å². The summed E-state index contributed by atoms with van der Waals surface area (Å²) in [5, 5.41) is 15.2. The molecule has 1 saturated carbocycles. The number of piperazine rings is 1. The van der Waals surface area contributed by atoms with Crippen molar-refractivity contribution in [3.63, 3.8) is 0 Å². The number of hydrogen-bond donors (Lipinski definition) is 1. The molecule has 0 bridgehead atoms. The summed E-state index contributed by atoms with van der Waals surface area (Å²) in [5.74, 6) is 0.935. The number of benzene rings is 1. The van der Waals surface area contributed by atoms with E-state index in [1.165, 1.54) is 0 Å². The number of amides is 2. The maximum Gasteiger partial charge on any atom is 0.321 e. The van der Waals surface area contributed by atoms with Crippen molar-refractivity contribution >= 4 is 11.7 Å². The van der Waals surface area contributed by atoms with E-state index in [4.69, 9.17) is 0 Å². The molecule has 2 fully saturated rings. The Kier molecular flexibility index (Phi) is 4.58. The molecule has 8 heteroatoms. The third-order valence-electron chi connectivity index (χ3n) is 5.20. The maximum atomic E-state index is 12.5. The van der Waals surface area contributed by atoms with Crippen LogP contribution in [0.4, 0.5) is 10.5 Å². The number of tetrazole rings is 1. The molecule has 8 nitrogen and oxygen atoms in total. The summed E-state index contributed by atoms with van der Waals surface area (Å²) in [5.41, 5.74) is 1.98. The third-order valence-corrected chi connectivity index (χ3v) is 5.20. The molecule has 2 aromatic rings. The van der Waals surface area contributed by atoms with Gasteiger partial charge in [-0.3, -0.25) is 4.90 Å². The van der Waals surface area contributed by atoms with Crippen molar-refractivity contribution in [2.75, 3.05) is 31.5 Å². The number of urea groups is 1. The number of nitrogens with one attached hydrogen (secondary N) is 1. The van der Waals surface area contributed by atoms with E-state index in [1.54, 1.807) is 0 Å². The average molecular weight is 355 g/mol. The van der Waals surface area contributed by atoms with Gasteiger partial charge in [-0.05, 0) is 54.8 Å². The smallest absolute Gasteiger partial charge is 0.321 e. The second-order valence-electron chi connectivity index (χ2n) is 7.21. The Morgan fingerprint density at radius 1 is 1.23 bits per heavy atom. The van der Waals surface area contributed by atoms with Gasteiger partial charge < -0.3 is 10.2 Å². The lowest BCUT2D eigenvalue weighted by molar-refractivity contribution is 0.114. The molecule has 2 amide bonds. The molecule has 1 aliphatic carbocycles. The van der Waals surface area contributed by atoms with Crippen LogP contribution in [0.2, 0.25) is 0 Å². The Hall–Kier alpha value is -2.48. The summed E-state index contributed by atoms with van der Waals surface area (Å²) in [6.07, 6.45) is 2.33. The normalized spacial score (nSPS) is 19.4. The maximum absolute atomic E-state index is 12.5. The number of hydrogen-bond acceptors (Lipinski definition) is 5. The van der Waals surface area contributed by atoms with Gasteiger partial charge in [-0.25, -0.2) is 9.48 Å². The van der Waals surface area contributed by atoms with Crippen LogP contribution < -0.4 is 5.32 Å². The van der Waals surface area contributed by atoms with Crippen LogP contribution in [-0.2, 0) is 0 Å². The quantitative estimate of drug-likeness (QED) is 0.910. The van der Waals surface area contributed by atoms with Crippen LogP contribution in [0.5, 0.6) is 0 Å². The predicted molar refractivity (Wildman–Crippen MR) is 97.8 cm³/mol. The van der Waals surface area contributed by atoms with Crippen LogP contribution in [-0.4, -0.2) is 62.2 Å². The zero-order valence-corrected chi connectivity index (χ0v) is 15.3. The van der Waals surface area contributed by atoms with Crippen molar-refractivity contribution in [3.8, 4) is 0 Å². The van der Waals surface area contributed by atoms with E-state index in [-0.39, 0.29) is 12.1 Å². The molecule has 2 aliphatic rings. The van der Waals surface area contributed by atoms with Crippen molar-refractivity contribution in [3.05, 3.63) is 35.7 Å². The number of nitrogens with zero attached hydrogens (tertiary/aromatic N) is 6. The molecule has 1 N–H and O–H groups in total. The van der Waals surface area contributed by atoms with Gasteiger partial charge in [-0.2, -0.15) is 0 Å². The Bertz CT molecular complexity index is 777. The minimum absolute atomic E-state index is 0.0364. The minimum Gasteiger partial charge on any atom is -0.322 e. The molecule has 138 valence electrons. The molecular formula is C18H25N7O. The van der Waals surface area contributed by atoms with Gasteiger partial charge in [0.05, 0.1) is 12.1 Å². The van der Waals surface area contributed by atoms with Gasteiger partial charge in [0, 0.05) is 31.9 Å². The first-order valence-electron chi connectivity index (χ1n) is 9.26. The van der Waals surface area contributed by atoms with E-state index in [9.17, 15) is 4.79 Å². The van der Waals surface area contributed by atoms with Crippen molar-refractivity contribution in [2.45, 2.75) is 38.8 Å². The minimum atomic E-state index is -0.0364. The van der Waals surface area contributed by atoms with E-state index < -0.39 is 0 Å². The number of carbonyl (C=O) groups excluding carboxylic acids is 1. The Morgan fingerprint density at radius 3 is 2.69 bits per heavy atom. The molecule has 0 radical (unpaired) electrons. The van der Waals surface area contributed by atoms with Gasteiger partial charge in [0.15, 0.2) is 5.82 Å². The molecular weight excluding hydrogens is 330 g/mol. The van der Waals surface area contributed by atoms with E-state index >= 15 is 0 Å². The van der Waals surface area contributed by atoms with Crippen LogP contribution in [0, 0.1) is 6.92 Å². The second kappa shape index (κ2) is 7.03. The number of aryl methyl sites for hydroxylation is 1. The van der Waals surface area contributed by atoms with Crippen LogP contribution in [0.25, 0.3) is 0 Å². The Balaban J connectivity index is 1.33. The summed E-state index contributed by atoms with van der Waals surface area (Å²) in [6, 6.07) is 8.47. The van der Waals surface area contributed by atoms with Gasteiger partial charge >= 0.3 is 6.03 Å². The van der Waals surface area contributed by atoms with Gasteiger partial charge in [0.25, 0.3) is 0 Å². The first-order chi connectivity index (χ1) is 12.6. The Morgan fingerprint density at radius 2 is 2.00 bits per heavy atom. The monoisotopic (exact) mass is 355 g/mol. The fraction of sp³-hybridized carbons (Fsp3) is 0.556. The molecule has 1 unspecified atom stereocenters. The average Bonchev–Trinajstić information content (AvgIpc) is 3.38. The lowest BCUT2D eigenvalue weighted by Gasteiger charge is -2.37. The summed E-state index contributed by atoms with van der Waals surface area (Å²) in [4.78, 5) is 16.7. The SMILES string of the molecule is Cc1cccc(NC(=O)N2CCN(C(C)c3nnnn3C3CC3)CC2)c1. The molecule has 4 rings (SSSR count). The molecule has 1 saturated heterocycles. The van der Waals surface area contributed by atoms with Gasteiger partial charge in [0.1, 0.15) is 0 Å². The summed E-state index contributed by atoms with van der Waals surface area (Å²) < 4.78 is 1.97. The highest BCUT2D eigenvalue weighted by Gasteiger charge is 2.32. The number of carbonyl (C=O) groups is 1. The van der Waals surface area contributed by atoms with Crippen molar-refractivity contribution in [1.29, 1.82) is 0 Å². The summed E-state index contributed by atoms with van der Waals surface area (Å²) >= 11 is 0. The zero-order valence-electron chi connectivity index (χ0n) is 15.3. The molecule has 26 heavy (non-hydrogen) atoms. The molecule has 0 spiro atoms. The molecule has 1 atom stereocenters. The van der Waals surface area contributed by atoms with Crippen LogP contribution in [0.1, 0.15) is 43.2 Å². The second-order valence-corrected chi connectivity index (χ2v) is 7.21. The van der Waals surface area contributed by atoms with Crippen molar-refractivity contribution in [1.82, 2.24) is 30.0 Å². The van der Waals surface area contributed by atoms with Crippen LogP contribution >= 0.6 is 0 Å². The highest BCUT2D eigenvalue weighted by molar-refractivity contribution is 5.89. The summed E-state index contributed by atoms with van der Waals surface area (Å²) in [7, 11) is 0. The number of anilines is 1. The molecule has 2 heterocycles. The van der Waals surface area contributed by atoms with Crippen molar-refractivity contribution in [2.24, 2.45) is 0 Å². The van der Waals surface area contributed by atoms with E-state index in [0.29, 0.717) is 19.1 Å². The van der Waals surface area contributed by atoms with Gasteiger partial charge in [-0.1, -0.05) is 12.1 Å². The fourth-order valence-corrected chi connectivity index (χ4v) is 3.46. The van der Waals surface area contributed by atoms with Gasteiger partial charge in [-0.15, -0.1) is 5.10 Å². The largest absolute Gasteiger partial charge is 0.322 e. The molecule has 1 aromatic carbocycles. The standard InChI is InChI=1S/C18H25N7O/c1-13-4-3-5-15(12-13)19-18(26)24-10-8-23(9-11-24)14(2)17-20-21-22-25(17)16-6-7-16/h3-5,12,14,16H,6-11H2,1-2H3,(H,19,26). The first kappa shape index (κ1) is 17.0. The molecule has 1 aromatic heterocycles. The zero-order chi connectivity index (χ0) is 18.1. The van der Waals surface area contributed by atoms with E-state index in [0.717, 1.165) is 43.0 Å².